The van der Waals surface area contributed by atoms with Crippen LogP contribution in [0.4, 0.5) is 0 Å². The zero-order valence-corrected chi connectivity index (χ0v) is 14.8. The first-order valence-corrected chi connectivity index (χ1v) is 7.40. The second kappa shape index (κ2) is 6.51. The van der Waals surface area contributed by atoms with Gasteiger partial charge in [-0.2, -0.15) is 0 Å². The van der Waals surface area contributed by atoms with E-state index in [1.165, 1.54) is 19.8 Å². The number of allylic oxidation sites excluding steroid dienone is 4. The van der Waals surface area contributed by atoms with Crippen molar-refractivity contribution in [2.24, 2.45) is 11.3 Å². The standard InChI is InChI=1S/C18H26O4/c1-10(2)11(3)9-18(5,6)13-12(4)14(19)16(21-7)17(22-8)15(13)20/h9-10H,1-8H3/b11-9+. The van der Waals surface area contributed by atoms with Gasteiger partial charge in [-0.25, -0.2) is 0 Å². The third-order valence-electron chi connectivity index (χ3n) is 4.11. The molecule has 1 rings (SSSR count). The average molecular weight is 306 g/mol. The number of hydrogen-bond donors (Lipinski definition) is 0. The maximum atomic E-state index is 12.8. The summed E-state index contributed by atoms with van der Waals surface area (Å²) in [4.78, 5) is 25.2. The van der Waals surface area contributed by atoms with E-state index in [0.29, 0.717) is 17.1 Å². The van der Waals surface area contributed by atoms with E-state index in [1.54, 1.807) is 6.92 Å². The zero-order chi connectivity index (χ0) is 17.2. The van der Waals surface area contributed by atoms with E-state index in [1.807, 2.05) is 26.8 Å². The van der Waals surface area contributed by atoms with E-state index in [4.69, 9.17) is 9.47 Å². The molecule has 0 heterocycles. The second-order valence-electron chi connectivity index (χ2n) is 6.49. The van der Waals surface area contributed by atoms with Crippen LogP contribution in [-0.4, -0.2) is 25.8 Å². The normalized spacial score (nSPS) is 17.6. The van der Waals surface area contributed by atoms with E-state index in [9.17, 15) is 9.59 Å². The maximum absolute atomic E-state index is 12.8. The Kier molecular flexibility index (Phi) is 5.39. The Hall–Kier alpha value is -1.84. The van der Waals surface area contributed by atoms with Crippen molar-refractivity contribution in [1.29, 1.82) is 0 Å². The Morgan fingerprint density at radius 2 is 1.50 bits per heavy atom. The number of rotatable bonds is 5. The fourth-order valence-corrected chi connectivity index (χ4v) is 2.73. The minimum atomic E-state index is -0.561. The summed E-state index contributed by atoms with van der Waals surface area (Å²) in [5.74, 6) is -0.237. The molecule has 0 bridgehead atoms. The first-order valence-electron chi connectivity index (χ1n) is 7.40. The van der Waals surface area contributed by atoms with Crippen LogP contribution in [0.25, 0.3) is 0 Å². The van der Waals surface area contributed by atoms with Crippen molar-refractivity contribution in [3.63, 3.8) is 0 Å². The Bertz CT molecular complexity index is 586. The first kappa shape index (κ1) is 18.2. The molecule has 0 saturated heterocycles. The quantitative estimate of drug-likeness (QED) is 0.575. The van der Waals surface area contributed by atoms with E-state index in [-0.39, 0.29) is 23.1 Å². The van der Waals surface area contributed by atoms with Crippen LogP contribution in [0.2, 0.25) is 0 Å². The number of ketones is 2. The lowest BCUT2D eigenvalue weighted by atomic mass is 9.74. The Balaban J connectivity index is 3.48. The summed E-state index contributed by atoms with van der Waals surface area (Å²) in [6, 6.07) is 0. The van der Waals surface area contributed by atoms with Crippen LogP contribution in [0.15, 0.2) is 34.3 Å². The summed E-state index contributed by atoms with van der Waals surface area (Å²) in [7, 11) is 2.74. The fraction of sp³-hybridized carbons (Fsp3) is 0.556. The van der Waals surface area contributed by atoms with Crippen LogP contribution in [0.5, 0.6) is 0 Å². The van der Waals surface area contributed by atoms with E-state index < -0.39 is 5.41 Å². The van der Waals surface area contributed by atoms with Gasteiger partial charge in [-0.05, 0) is 19.8 Å². The molecule has 0 N–H and O–H groups in total. The van der Waals surface area contributed by atoms with Gasteiger partial charge in [0.1, 0.15) is 0 Å². The maximum Gasteiger partial charge on any atom is 0.228 e. The van der Waals surface area contributed by atoms with Crippen molar-refractivity contribution in [3.8, 4) is 0 Å². The van der Waals surface area contributed by atoms with Gasteiger partial charge in [-0.3, -0.25) is 9.59 Å². The van der Waals surface area contributed by atoms with E-state index >= 15 is 0 Å². The highest BCUT2D eigenvalue weighted by atomic mass is 16.5. The number of Topliss-reactive ketones (excluding diaryl/α,β-unsaturated/α-hetero) is 2. The Morgan fingerprint density at radius 3 is 1.91 bits per heavy atom. The predicted molar refractivity (Wildman–Crippen MR) is 86.1 cm³/mol. The van der Waals surface area contributed by atoms with Gasteiger partial charge in [-0.15, -0.1) is 0 Å². The van der Waals surface area contributed by atoms with Crippen molar-refractivity contribution in [1.82, 2.24) is 0 Å². The van der Waals surface area contributed by atoms with E-state index in [2.05, 4.69) is 13.8 Å². The first-order chi connectivity index (χ1) is 10.1. The summed E-state index contributed by atoms with van der Waals surface area (Å²) in [6.45, 7) is 11.8. The Labute approximate surface area is 132 Å². The second-order valence-corrected chi connectivity index (χ2v) is 6.49. The Morgan fingerprint density at radius 1 is 1.05 bits per heavy atom. The van der Waals surface area contributed by atoms with Gasteiger partial charge in [0.05, 0.1) is 14.2 Å². The number of ether oxygens (including phenoxy) is 2. The summed E-state index contributed by atoms with van der Waals surface area (Å²) < 4.78 is 10.2. The molecular weight excluding hydrogens is 280 g/mol. The molecule has 0 aromatic carbocycles. The average Bonchev–Trinajstić information content (AvgIpc) is 2.41. The molecule has 0 spiro atoms. The topological polar surface area (TPSA) is 52.6 Å². The molecule has 1 aliphatic rings. The lowest BCUT2D eigenvalue weighted by molar-refractivity contribution is -0.121. The van der Waals surface area contributed by atoms with Gasteiger partial charge >= 0.3 is 0 Å². The molecule has 0 atom stereocenters. The third-order valence-corrected chi connectivity index (χ3v) is 4.11. The molecule has 0 aromatic rings. The lowest BCUT2D eigenvalue weighted by Crippen LogP contribution is -2.31. The van der Waals surface area contributed by atoms with Crippen molar-refractivity contribution in [3.05, 3.63) is 34.3 Å². The van der Waals surface area contributed by atoms with Gasteiger partial charge in [-0.1, -0.05) is 39.3 Å². The van der Waals surface area contributed by atoms with Gasteiger partial charge in [0, 0.05) is 16.6 Å². The van der Waals surface area contributed by atoms with Crippen LogP contribution in [0.3, 0.4) is 0 Å². The predicted octanol–water partition coefficient (Wildman–Crippen LogP) is 3.59. The van der Waals surface area contributed by atoms with Crippen molar-refractivity contribution >= 4 is 11.6 Å². The number of hydrogen-bond acceptors (Lipinski definition) is 4. The summed E-state index contributed by atoms with van der Waals surface area (Å²) in [5, 5.41) is 0. The number of methoxy groups -OCH3 is 2. The minimum Gasteiger partial charge on any atom is -0.489 e. The summed E-state index contributed by atoms with van der Waals surface area (Å²) in [5.41, 5.74) is 1.50. The van der Waals surface area contributed by atoms with Gasteiger partial charge in [0.2, 0.25) is 23.1 Å². The highest BCUT2D eigenvalue weighted by Gasteiger charge is 2.40. The molecule has 22 heavy (non-hydrogen) atoms. The van der Waals surface area contributed by atoms with Gasteiger partial charge < -0.3 is 9.47 Å². The zero-order valence-electron chi connectivity index (χ0n) is 14.8. The van der Waals surface area contributed by atoms with Crippen molar-refractivity contribution in [2.45, 2.75) is 41.5 Å². The molecule has 122 valence electrons. The third kappa shape index (κ3) is 3.16. The molecule has 0 aromatic heterocycles. The molecule has 0 aliphatic heterocycles. The monoisotopic (exact) mass is 306 g/mol. The fourth-order valence-electron chi connectivity index (χ4n) is 2.73. The van der Waals surface area contributed by atoms with Gasteiger partial charge in [0.25, 0.3) is 0 Å². The summed E-state index contributed by atoms with van der Waals surface area (Å²) in [6.07, 6.45) is 2.05. The van der Waals surface area contributed by atoms with Crippen LogP contribution >= 0.6 is 0 Å². The highest BCUT2D eigenvalue weighted by Crippen LogP contribution is 2.39. The molecule has 0 saturated carbocycles. The van der Waals surface area contributed by atoms with Crippen LogP contribution < -0.4 is 0 Å². The van der Waals surface area contributed by atoms with Crippen LogP contribution in [0.1, 0.15) is 41.5 Å². The smallest absolute Gasteiger partial charge is 0.228 e. The molecule has 0 amide bonds. The molecule has 0 fully saturated rings. The molecule has 0 unspecified atom stereocenters. The lowest BCUT2D eigenvalue weighted by Gasteiger charge is -2.30. The largest absolute Gasteiger partial charge is 0.489 e. The molecule has 4 heteroatoms. The van der Waals surface area contributed by atoms with Crippen LogP contribution in [-0.2, 0) is 19.1 Å². The van der Waals surface area contributed by atoms with Gasteiger partial charge in [0.15, 0.2) is 0 Å². The van der Waals surface area contributed by atoms with E-state index in [0.717, 1.165) is 0 Å². The minimum absolute atomic E-state index is 0.0169. The number of carbonyl (C=O) groups is 2. The molecule has 4 nitrogen and oxygen atoms in total. The van der Waals surface area contributed by atoms with Crippen molar-refractivity contribution in [2.75, 3.05) is 14.2 Å². The SMILES string of the molecule is COC1=C(OC)C(=O)C(C(C)(C)/C=C(\C)C(C)C)=C(C)C1=O. The number of carbonyl (C=O) groups excluding carboxylic acids is 2. The summed E-state index contributed by atoms with van der Waals surface area (Å²) >= 11 is 0. The molecular formula is C18H26O4. The molecule has 0 radical (unpaired) electrons. The molecule has 1 aliphatic carbocycles. The van der Waals surface area contributed by atoms with Crippen molar-refractivity contribution < 1.29 is 19.1 Å². The highest BCUT2D eigenvalue weighted by molar-refractivity contribution is 6.24. The van der Waals surface area contributed by atoms with Crippen LogP contribution in [0, 0.1) is 11.3 Å².